The molecular formula is C15H13ClO3. The molecule has 2 aromatic rings. The number of hydrogen-bond acceptors (Lipinski definition) is 2. The average Bonchev–Trinajstić information content (AvgIpc) is 2.37. The van der Waals surface area contributed by atoms with Gasteiger partial charge in [0.1, 0.15) is 12.4 Å². The van der Waals surface area contributed by atoms with E-state index in [9.17, 15) is 4.79 Å². The molecule has 3 nitrogen and oxygen atoms in total. The smallest absolute Gasteiger partial charge is 0.328 e. The average molecular weight is 277 g/mol. The molecule has 0 heterocycles. The summed E-state index contributed by atoms with van der Waals surface area (Å²) in [5.41, 5.74) is 0.645. The van der Waals surface area contributed by atoms with Gasteiger partial charge in [-0.2, -0.15) is 0 Å². The summed E-state index contributed by atoms with van der Waals surface area (Å²) in [6, 6.07) is 11.2. The van der Waals surface area contributed by atoms with Crippen molar-refractivity contribution in [3.63, 3.8) is 0 Å². The zero-order valence-corrected chi connectivity index (χ0v) is 11.1. The first-order valence-corrected chi connectivity index (χ1v) is 6.16. The molecular weight excluding hydrogens is 264 g/mol. The lowest BCUT2D eigenvalue weighted by molar-refractivity contribution is -0.131. The molecule has 19 heavy (non-hydrogen) atoms. The number of carbonyl (C=O) groups is 1. The third-order valence-corrected chi connectivity index (χ3v) is 2.99. The van der Waals surface area contributed by atoms with Crippen molar-refractivity contribution in [1.82, 2.24) is 0 Å². The Balaban J connectivity index is 2.27. The van der Waals surface area contributed by atoms with Crippen molar-refractivity contribution in [2.75, 3.05) is 6.61 Å². The normalized spacial score (nSPS) is 11.6. The van der Waals surface area contributed by atoms with Gasteiger partial charge in [-0.05, 0) is 24.6 Å². The van der Waals surface area contributed by atoms with E-state index in [2.05, 4.69) is 0 Å². The molecule has 2 rings (SSSR count). The maximum Gasteiger partial charge on any atom is 0.328 e. The standard InChI is InChI=1S/C15H13ClO3/c1-10(8-15(17)18)9-19-14-7-6-13(16)11-4-2-3-5-12(11)14/h2-8H,9H2,1H3,(H,17,18)/b10-8+. The van der Waals surface area contributed by atoms with Crippen LogP contribution in [0.5, 0.6) is 5.75 Å². The Morgan fingerprint density at radius 1 is 1.26 bits per heavy atom. The van der Waals surface area contributed by atoms with Crippen LogP contribution in [-0.2, 0) is 4.79 Å². The molecule has 0 aliphatic carbocycles. The van der Waals surface area contributed by atoms with Gasteiger partial charge in [0.05, 0.1) is 0 Å². The molecule has 0 saturated heterocycles. The first kappa shape index (κ1) is 13.4. The molecule has 1 N–H and O–H groups in total. The zero-order chi connectivity index (χ0) is 13.8. The van der Waals surface area contributed by atoms with E-state index in [4.69, 9.17) is 21.4 Å². The molecule has 0 aromatic heterocycles. The van der Waals surface area contributed by atoms with Crippen LogP contribution in [0.1, 0.15) is 6.92 Å². The number of fused-ring (bicyclic) bond motifs is 1. The molecule has 0 spiro atoms. The highest BCUT2D eigenvalue weighted by Gasteiger charge is 2.05. The summed E-state index contributed by atoms with van der Waals surface area (Å²) in [4.78, 5) is 10.5. The van der Waals surface area contributed by atoms with E-state index in [1.54, 1.807) is 19.1 Å². The molecule has 0 amide bonds. The van der Waals surface area contributed by atoms with E-state index in [-0.39, 0.29) is 6.61 Å². The van der Waals surface area contributed by atoms with Crippen molar-refractivity contribution in [2.45, 2.75) is 6.92 Å². The van der Waals surface area contributed by atoms with Gasteiger partial charge < -0.3 is 9.84 Å². The molecule has 0 unspecified atom stereocenters. The minimum Gasteiger partial charge on any atom is -0.489 e. The van der Waals surface area contributed by atoms with Gasteiger partial charge in [0.15, 0.2) is 0 Å². The first-order chi connectivity index (χ1) is 9.08. The molecule has 0 bridgehead atoms. The van der Waals surface area contributed by atoms with Crippen LogP contribution in [-0.4, -0.2) is 17.7 Å². The van der Waals surface area contributed by atoms with Gasteiger partial charge in [-0.15, -0.1) is 0 Å². The Morgan fingerprint density at radius 3 is 2.63 bits per heavy atom. The van der Waals surface area contributed by atoms with Crippen LogP contribution in [0.3, 0.4) is 0 Å². The van der Waals surface area contributed by atoms with Crippen molar-refractivity contribution >= 4 is 28.3 Å². The predicted molar refractivity (Wildman–Crippen MR) is 75.8 cm³/mol. The van der Waals surface area contributed by atoms with Gasteiger partial charge in [0, 0.05) is 21.9 Å². The monoisotopic (exact) mass is 276 g/mol. The predicted octanol–water partition coefficient (Wildman–Crippen LogP) is 3.90. The quantitative estimate of drug-likeness (QED) is 0.862. The zero-order valence-electron chi connectivity index (χ0n) is 10.4. The summed E-state index contributed by atoms with van der Waals surface area (Å²) in [5, 5.41) is 11.1. The lowest BCUT2D eigenvalue weighted by atomic mass is 10.1. The van der Waals surface area contributed by atoms with E-state index < -0.39 is 5.97 Å². The van der Waals surface area contributed by atoms with E-state index in [1.807, 2.05) is 24.3 Å². The molecule has 0 aliphatic rings. The summed E-state index contributed by atoms with van der Waals surface area (Å²) < 4.78 is 5.65. The largest absolute Gasteiger partial charge is 0.489 e. The van der Waals surface area contributed by atoms with Crippen molar-refractivity contribution in [1.29, 1.82) is 0 Å². The fourth-order valence-corrected chi connectivity index (χ4v) is 2.03. The Labute approximate surface area is 116 Å². The van der Waals surface area contributed by atoms with Gasteiger partial charge in [-0.1, -0.05) is 35.9 Å². The van der Waals surface area contributed by atoms with Crippen LogP contribution in [0.4, 0.5) is 0 Å². The maximum atomic E-state index is 10.5. The highest BCUT2D eigenvalue weighted by Crippen LogP contribution is 2.31. The van der Waals surface area contributed by atoms with Crippen LogP contribution in [0, 0.1) is 0 Å². The lowest BCUT2D eigenvalue weighted by Gasteiger charge is -2.10. The van der Waals surface area contributed by atoms with E-state index in [0.29, 0.717) is 16.3 Å². The molecule has 0 fully saturated rings. The van der Waals surface area contributed by atoms with Crippen LogP contribution < -0.4 is 4.74 Å². The summed E-state index contributed by atoms with van der Waals surface area (Å²) >= 11 is 6.12. The second-order valence-corrected chi connectivity index (χ2v) is 4.62. The molecule has 0 atom stereocenters. The lowest BCUT2D eigenvalue weighted by Crippen LogP contribution is -2.01. The second-order valence-electron chi connectivity index (χ2n) is 4.21. The minimum absolute atomic E-state index is 0.234. The van der Waals surface area contributed by atoms with E-state index in [0.717, 1.165) is 16.8 Å². The molecule has 0 radical (unpaired) electrons. The number of aliphatic carboxylic acids is 1. The summed E-state index contributed by atoms with van der Waals surface area (Å²) in [6.45, 7) is 1.95. The first-order valence-electron chi connectivity index (χ1n) is 5.78. The number of carboxylic acid groups (broad SMARTS) is 1. The number of ether oxygens (including phenoxy) is 1. The van der Waals surface area contributed by atoms with E-state index >= 15 is 0 Å². The maximum absolute atomic E-state index is 10.5. The number of rotatable bonds is 4. The van der Waals surface area contributed by atoms with Crippen molar-refractivity contribution in [2.24, 2.45) is 0 Å². The van der Waals surface area contributed by atoms with Gasteiger partial charge in [0.2, 0.25) is 0 Å². The fourth-order valence-electron chi connectivity index (χ4n) is 1.80. The van der Waals surface area contributed by atoms with Crippen LogP contribution in [0.25, 0.3) is 10.8 Å². The van der Waals surface area contributed by atoms with Crippen molar-refractivity contribution in [3.05, 3.63) is 53.1 Å². The molecule has 98 valence electrons. The van der Waals surface area contributed by atoms with E-state index in [1.165, 1.54) is 0 Å². The van der Waals surface area contributed by atoms with Gasteiger partial charge >= 0.3 is 5.97 Å². The van der Waals surface area contributed by atoms with Gasteiger partial charge in [-0.25, -0.2) is 4.79 Å². The third kappa shape index (κ3) is 3.26. The molecule has 4 heteroatoms. The number of benzene rings is 2. The highest BCUT2D eigenvalue weighted by molar-refractivity contribution is 6.35. The molecule has 2 aromatic carbocycles. The van der Waals surface area contributed by atoms with Gasteiger partial charge in [-0.3, -0.25) is 0 Å². The second kappa shape index (κ2) is 5.76. The third-order valence-electron chi connectivity index (χ3n) is 2.66. The van der Waals surface area contributed by atoms with Crippen molar-refractivity contribution in [3.8, 4) is 5.75 Å². The topological polar surface area (TPSA) is 46.5 Å². The number of hydrogen-bond donors (Lipinski definition) is 1. The highest BCUT2D eigenvalue weighted by atomic mass is 35.5. The molecule has 0 aliphatic heterocycles. The Morgan fingerprint density at radius 2 is 1.95 bits per heavy atom. The van der Waals surface area contributed by atoms with Crippen LogP contribution >= 0.6 is 11.6 Å². The Kier molecular flexibility index (Phi) is 4.07. The van der Waals surface area contributed by atoms with Crippen molar-refractivity contribution < 1.29 is 14.6 Å². The fraction of sp³-hybridized carbons (Fsp3) is 0.133. The van der Waals surface area contributed by atoms with Crippen LogP contribution in [0.2, 0.25) is 5.02 Å². The Hall–Kier alpha value is -2.00. The summed E-state index contributed by atoms with van der Waals surface area (Å²) in [7, 11) is 0. The van der Waals surface area contributed by atoms with Gasteiger partial charge in [0.25, 0.3) is 0 Å². The van der Waals surface area contributed by atoms with Crippen LogP contribution in [0.15, 0.2) is 48.0 Å². The SMILES string of the molecule is C/C(=C\C(=O)O)COc1ccc(Cl)c2ccccc12. The summed E-state index contributed by atoms with van der Waals surface area (Å²) in [5.74, 6) is -0.278. The summed E-state index contributed by atoms with van der Waals surface area (Å²) in [6.07, 6.45) is 1.14. The minimum atomic E-state index is -0.970. The number of carboxylic acids is 1. The molecule has 0 saturated carbocycles. The number of halogens is 1. The Bertz CT molecular complexity index is 647.